The Morgan fingerprint density at radius 2 is 1.85 bits per heavy atom. The molecule has 0 aliphatic rings. The van der Waals surface area contributed by atoms with Crippen LogP contribution in [-0.2, 0) is 11.3 Å². The van der Waals surface area contributed by atoms with Gasteiger partial charge in [-0.25, -0.2) is 0 Å². The first-order valence-electron chi connectivity index (χ1n) is 8.59. The molecule has 1 amide bonds. The number of aromatic nitrogens is 1. The molecule has 0 saturated carbocycles. The Balaban J connectivity index is 1.90. The Labute approximate surface area is 152 Å². The Morgan fingerprint density at radius 1 is 1.12 bits per heavy atom. The van der Waals surface area contributed by atoms with Crippen molar-refractivity contribution >= 4 is 22.8 Å². The second-order valence-corrected chi connectivity index (χ2v) is 6.68. The van der Waals surface area contributed by atoms with Crippen molar-refractivity contribution in [2.45, 2.75) is 20.4 Å². The molecule has 0 radical (unpaired) electrons. The molecule has 2 aromatic carbocycles. The Hall–Kier alpha value is -3.08. The molecule has 0 aliphatic carbocycles. The average Bonchev–Trinajstić information content (AvgIpc) is 3.04. The lowest BCUT2D eigenvalue weighted by Crippen LogP contribution is -2.36. The van der Waals surface area contributed by atoms with Gasteiger partial charge in [0.25, 0.3) is 5.91 Å². The number of aromatic amines is 1. The van der Waals surface area contributed by atoms with Crippen molar-refractivity contribution in [1.82, 2.24) is 9.88 Å². The third-order valence-corrected chi connectivity index (χ3v) is 4.43. The van der Waals surface area contributed by atoms with E-state index in [0.29, 0.717) is 12.2 Å². The number of hydrogen-bond donors (Lipinski definition) is 2. The quantitative estimate of drug-likeness (QED) is 0.709. The van der Waals surface area contributed by atoms with Crippen LogP contribution in [0.5, 0.6) is 0 Å². The smallest absolute Gasteiger partial charge is 0.308 e. The van der Waals surface area contributed by atoms with Crippen LogP contribution in [0.2, 0.25) is 0 Å². The van der Waals surface area contributed by atoms with E-state index in [9.17, 15) is 14.7 Å². The normalized spacial score (nSPS) is 12.1. The zero-order valence-electron chi connectivity index (χ0n) is 14.9. The van der Waals surface area contributed by atoms with Crippen LogP contribution in [0.3, 0.4) is 0 Å². The van der Waals surface area contributed by atoms with E-state index in [2.05, 4.69) is 4.98 Å². The highest BCUT2D eigenvalue weighted by Crippen LogP contribution is 2.19. The van der Waals surface area contributed by atoms with Crippen molar-refractivity contribution in [3.05, 3.63) is 71.4 Å². The predicted octanol–water partition coefficient (Wildman–Crippen LogP) is 3.84. The fourth-order valence-electron chi connectivity index (χ4n) is 2.96. The highest BCUT2D eigenvalue weighted by molar-refractivity contribution is 5.98. The number of rotatable bonds is 6. The molecule has 0 bridgehead atoms. The van der Waals surface area contributed by atoms with Crippen LogP contribution >= 0.6 is 0 Å². The number of carboxylic acids is 1. The number of aryl methyl sites for hydroxylation is 1. The molecule has 0 unspecified atom stereocenters. The number of carbonyl (C=O) groups is 2. The zero-order valence-corrected chi connectivity index (χ0v) is 14.9. The molecule has 1 heterocycles. The number of carboxylic acid groups (broad SMARTS) is 1. The van der Waals surface area contributed by atoms with Crippen molar-refractivity contribution in [2.24, 2.45) is 5.92 Å². The first-order chi connectivity index (χ1) is 12.4. The summed E-state index contributed by atoms with van der Waals surface area (Å²) in [6.45, 7) is 4.13. The van der Waals surface area contributed by atoms with Crippen molar-refractivity contribution in [3.8, 4) is 0 Å². The number of H-pyrrole nitrogens is 1. The van der Waals surface area contributed by atoms with Crippen LogP contribution in [-0.4, -0.2) is 33.4 Å². The number of nitrogens with one attached hydrogen (secondary N) is 1. The maximum atomic E-state index is 13.1. The maximum Gasteiger partial charge on any atom is 0.308 e. The summed E-state index contributed by atoms with van der Waals surface area (Å²) in [5.41, 5.74) is 3.45. The van der Waals surface area contributed by atoms with Crippen LogP contribution in [0.1, 0.15) is 28.5 Å². The molecule has 0 fully saturated rings. The van der Waals surface area contributed by atoms with Crippen molar-refractivity contribution in [3.63, 3.8) is 0 Å². The topological polar surface area (TPSA) is 73.4 Å². The molecule has 1 aromatic heterocycles. The predicted molar refractivity (Wildman–Crippen MR) is 101 cm³/mol. The first-order valence-corrected chi connectivity index (χ1v) is 8.59. The Morgan fingerprint density at radius 3 is 2.54 bits per heavy atom. The summed E-state index contributed by atoms with van der Waals surface area (Å²) in [4.78, 5) is 29.1. The van der Waals surface area contributed by atoms with Gasteiger partial charge in [0.15, 0.2) is 0 Å². The van der Waals surface area contributed by atoms with E-state index in [0.717, 1.165) is 22.0 Å². The van der Waals surface area contributed by atoms with E-state index < -0.39 is 11.9 Å². The van der Waals surface area contributed by atoms with Gasteiger partial charge < -0.3 is 15.0 Å². The number of nitrogens with zero attached hydrogens (tertiary/aromatic N) is 1. The lowest BCUT2D eigenvalue weighted by Gasteiger charge is -2.24. The summed E-state index contributed by atoms with van der Waals surface area (Å²) >= 11 is 0. The molecule has 5 nitrogen and oxygen atoms in total. The molecule has 5 heteroatoms. The van der Waals surface area contributed by atoms with Gasteiger partial charge in [0.1, 0.15) is 5.69 Å². The molecule has 0 aliphatic heterocycles. The molecule has 1 atom stereocenters. The minimum Gasteiger partial charge on any atom is -0.481 e. The van der Waals surface area contributed by atoms with Gasteiger partial charge in [0.05, 0.1) is 5.92 Å². The van der Waals surface area contributed by atoms with Gasteiger partial charge in [-0.2, -0.15) is 0 Å². The lowest BCUT2D eigenvalue weighted by atomic mass is 10.1. The molecule has 0 saturated heterocycles. The second kappa shape index (κ2) is 7.44. The fourth-order valence-corrected chi connectivity index (χ4v) is 2.96. The largest absolute Gasteiger partial charge is 0.481 e. The summed E-state index contributed by atoms with van der Waals surface area (Å²) < 4.78 is 0. The maximum absolute atomic E-state index is 13.1. The van der Waals surface area contributed by atoms with Crippen LogP contribution < -0.4 is 0 Å². The first kappa shape index (κ1) is 17.7. The monoisotopic (exact) mass is 350 g/mol. The van der Waals surface area contributed by atoms with E-state index in [4.69, 9.17) is 0 Å². The van der Waals surface area contributed by atoms with Crippen molar-refractivity contribution in [2.75, 3.05) is 6.54 Å². The highest BCUT2D eigenvalue weighted by Gasteiger charge is 2.23. The lowest BCUT2D eigenvalue weighted by molar-refractivity contribution is -0.141. The van der Waals surface area contributed by atoms with Gasteiger partial charge in [0.2, 0.25) is 0 Å². The summed E-state index contributed by atoms with van der Waals surface area (Å²) in [5, 5.41) is 10.2. The van der Waals surface area contributed by atoms with Gasteiger partial charge in [-0.05, 0) is 30.2 Å². The zero-order chi connectivity index (χ0) is 18.7. The SMILES string of the molecule is Cc1ccc2cc(C(=O)N(Cc3ccccc3)C[C@@H](C)C(=O)O)[nH]c2c1. The summed E-state index contributed by atoms with van der Waals surface area (Å²) in [7, 11) is 0. The average molecular weight is 350 g/mol. The number of aliphatic carboxylic acids is 1. The number of amides is 1. The van der Waals surface area contributed by atoms with Crippen molar-refractivity contribution in [1.29, 1.82) is 0 Å². The molecule has 3 rings (SSSR count). The Bertz CT molecular complexity index is 931. The molecule has 134 valence electrons. The van der Waals surface area contributed by atoms with Crippen LogP contribution in [0.4, 0.5) is 0 Å². The van der Waals surface area contributed by atoms with Gasteiger partial charge in [0, 0.05) is 24.0 Å². The van der Waals surface area contributed by atoms with Gasteiger partial charge in [-0.1, -0.05) is 49.4 Å². The molecule has 0 spiro atoms. The minimum atomic E-state index is -0.914. The Kier molecular flexibility index (Phi) is 5.07. The third kappa shape index (κ3) is 3.94. The fraction of sp³-hybridized carbons (Fsp3) is 0.238. The van der Waals surface area contributed by atoms with Gasteiger partial charge >= 0.3 is 5.97 Å². The van der Waals surface area contributed by atoms with Crippen molar-refractivity contribution < 1.29 is 14.7 Å². The number of carbonyl (C=O) groups excluding carboxylic acids is 1. The van der Waals surface area contributed by atoms with Crippen LogP contribution in [0.15, 0.2) is 54.6 Å². The van der Waals surface area contributed by atoms with E-state index >= 15 is 0 Å². The summed E-state index contributed by atoms with van der Waals surface area (Å²) in [6.07, 6.45) is 0. The van der Waals surface area contributed by atoms with E-state index in [1.54, 1.807) is 11.8 Å². The van der Waals surface area contributed by atoms with Gasteiger partial charge in [-0.15, -0.1) is 0 Å². The summed E-state index contributed by atoms with van der Waals surface area (Å²) in [5.74, 6) is -1.76. The number of hydrogen-bond acceptors (Lipinski definition) is 2. The van der Waals surface area contributed by atoms with E-state index in [-0.39, 0.29) is 12.5 Å². The van der Waals surface area contributed by atoms with E-state index in [1.165, 1.54) is 0 Å². The minimum absolute atomic E-state index is 0.150. The number of benzene rings is 2. The third-order valence-electron chi connectivity index (χ3n) is 4.43. The number of fused-ring (bicyclic) bond motifs is 1. The molecule has 3 aromatic rings. The molecule has 26 heavy (non-hydrogen) atoms. The second-order valence-electron chi connectivity index (χ2n) is 6.68. The van der Waals surface area contributed by atoms with Gasteiger partial charge in [-0.3, -0.25) is 9.59 Å². The van der Waals surface area contributed by atoms with Crippen LogP contribution in [0.25, 0.3) is 10.9 Å². The van der Waals surface area contributed by atoms with E-state index in [1.807, 2.05) is 61.5 Å². The molecular weight excluding hydrogens is 328 g/mol. The highest BCUT2D eigenvalue weighted by atomic mass is 16.4. The molecule has 2 N–H and O–H groups in total. The summed E-state index contributed by atoms with van der Waals surface area (Å²) in [6, 6.07) is 17.4. The van der Waals surface area contributed by atoms with Crippen LogP contribution in [0, 0.1) is 12.8 Å². The standard InChI is InChI=1S/C21H22N2O3/c1-14-8-9-17-11-19(22-18(17)10-14)20(24)23(12-15(2)21(25)26)13-16-6-4-3-5-7-16/h3-11,15,22H,12-13H2,1-2H3,(H,25,26)/t15-/m1/s1. The molecular formula is C21H22N2O3.